The highest BCUT2D eigenvalue weighted by Crippen LogP contribution is 2.17. The molecule has 2 rings (SSSR count). The minimum Gasteiger partial charge on any atom is -0.407 e. The second-order valence-corrected chi connectivity index (χ2v) is 5.20. The molecular weight excluding hydrogens is 274 g/mol. The number of anilines is 1. The second-order valence-electron chi connectivity index (χ2n) is 4.32. The molecule has 0 unspecified atom stereocenters. The Hall–Kier alpha value is -1.82. The third-order valence-electron chi connectivity index (χ3n) is 2.70. The Morgan fingerprint density at radius 2 is 2.05 bits per heavy atom. The van der Waals surface area contributed by atoms with Gasteiger partial charge >= 0.3 is 6.01 Å². The van der Waals surface area contributed by atoms with Gasteiger partial charge in [0.2, 0.25) is 11.8 Å². The van der Waals surface area contributed by atoms with Gasteiger partial charge in [-0.1, -0.05) is 24.2 Å². The molecule has 1 aromatic heterocycles. The van der Waals surface area contributed by atoms with Gasteiger partial charge in [-0.25, -0.2) is 0 Å². The summed E-state index contributed by atoms with van der Waals surface area (Å²) in [5.74, 6) is 0.390. The van der Waals surface area contributed by atoms with Crippen LogP contribution in [0, 0.1) is 0 Å². The van der Waals surface area contributed by atoms with Crippen molar-refractivity contribution in [2.24, 2.45) is 0 Å². The Morgan fingerprint density at radius 3 is 2.70 bits per heavy atom. The highest BCUT2D eigenvalue weighted by molar-refractivity contribution is 7.98. The Balaban J connectivity index is 1.96. The van der Waals surface area contributed by atoms with E-state index in [-0.39, 0.29) is 11.9 Å². The van der Waals surface area contributed by atoms with E-state index >= 15 is 0 Å². The first-order valence-corrected chi connectivity index (χ1v) is 7.69. The first kappa shape index (κ1) is 14.6. The number of hydrogen-bond donors (Lipinski definition) is 1. The monoisotopic (exact) mass is 291 g/mol. The third kappa shape index (κ3) is 4.09. The van der Waals surface area contributed by atoms with Gasteiger partial charge in [-0.05, 0) is 30.4 Å². The van der Waals surface area contributed by atoms with Crippen molar-refractivity contribution in [1.82, 2.24) is 10.2 Å². The van der Waals surface area contributed by atoms with Crippen LogP contribution < -0.4 is 5.32 Å². The molecule has 0 aliphatic rings. The molecule has 1 heterocycles. The molecule has 0 atom stereocenters. The van der Waals surface area contributed by atoms with E-state index in [1.807, 2.05) is 25.3 Å². The SMILES string of the molecule is CCCC(=O)Nc1nnc(Cc2ccc(SC)cc2)o1. The summed E-state index contributed by atoms with van der Waals surface area (Å²) in [6.07, 6.45) is 3.84. The molecule has 20 heavy (non-hydrogen) atoms. The van der Waals surface area contributed by atoms with E-state index in [9.17, 15) is 4.79 Å². The van der Waals surface area contributed by atoms with Crippen LogP contribution in [0.15, 0.2) is 33.6 Å². The van der Waals surface area contributed by atoms with Gasteiger partial charge in [0.25, 0.3) is 0 Å². The van der Waals surface area contributed by atoms with E-state index in [2.05, 4.69) is 27.6 Å². The van der Waals surface area contributed by atoms with Crippen molar-refractivity contribution >= 4 is 23.7 Å². The maximum absolute atomic E-state index is 11.4. The standard InChI is InChI=1S/C14H17N3O2S/c1-3-4-12(18)15-14-17-16-13(19-14)9-10-5-7-11(20-2)8-6-10/h5-8H,3-4,9H2,1-2H3,(H,15,17,18). The van der Waals surface area contributed by atoms with Gasteiger partial charge in [0.1, 0.15) is 0 Å². The number of carbonyl (C=O) groups excluding carboxylic acids is 1. The van der Waals surface area contributed by atoms with Crippen molar-refractivity contribution in [2.45, 2.75) is 31.1 Å². The lowest BCUT2D eigenvalue weighted by Crippen LogP contribution is -2.10. The molecule has 1 aromatic carbocycles. The van der Waals surface area contributed by atoms with Gasteiger partial charge < -0.3 is 4.42 Å². The van der Waals surface area contributed by atoms with Gasteiger partial charge in [-0.3, -0.25) is 10.1 Å². The fourth-order valence-corrected chi connectivity index (χ4v) is 2.11. The zero-order chi connectivity index (χ0) is 14.4. The molecule has 0 bridgehead atoms. The van der Waals surface area contributed by atoms with Gasteiger partial charge in [0.15, 0.2) is 0 Å². The van der Waals surface area contributed by atoms with Gasteiger partial charge in [0.05, 0.1) is 6.42 Å². The number of aromatic nitrogens is 2. The zero-order valence-electron chi connectivity index (χ0n) is 11.5. The first-order valence-electron chi connectivity index (χ1n) is 6.46. The normalized spacial score (nSPS) is 10.5. The van der Waals surface area contributed by atoms with E-state index in [0.717, 1.165) is 12.0 Å². The zero-order valence-corrected chi connectivity index (χ0v) is 12.4. The number of carbonyl (C=O) groups is 1. The van der Waals surface area contributed by atoms with E-state index in [0.29, 0.717) is 18.7 Å². The van der Waals surface area contributed by atoms with Gasteiger partial charge in [-0.2, -0.15) is 0 Å². The summed E-state index contributed by atoms with van der Waals surface area (Å²) in [5.41, 5.74) is 1.10. The number of benzene rings is 1. The molecule has 1 amide bonds. The van der Waals surface area contributed by atoms with Crippen LogP contribution >= 0.6 is 11.8 Å². The number of nitrogens with zero attached hydrogens (tertiary/aromatic N) is 2. The Kier molecular flexibility index (Phi) is 5.17. The smallest absolute Gasteiger partial charge is 0.322 e. The van der Waals surface area contributed by atoms with Gasteiger partial charge in [0, 0.05) is 11.3 Å². The highest BCUT2D eigenvalue weighted by atomic mass is 32.2. The van der Waals surface area contributed by atoms with E-state index < -0.39 is 0 Å². The van der Waals surface area contributed by atoms with Crippen molar-refractivity contribution in [3.63, 3.8) is 0 Å². The third-order valence-corrected chi connectivity index (χ3v) is 3.45. The molecule has 0 radical (unpaired) electrons. The minimum absolute atomic E-state index is 0.105. The summed E-state index contributed by atoms with van der Waals surface area (Å²) in [6, 6.07) is 8.34. The molecule has 5 nitrogen and oxygen atoms in total. The summed E-state index contributed by atoms with van der Waals surface area (Å²) in [4.78, 5) is 12.6. The lowest BCUT2D eigenvalue weighted by atomic mass is 10.1. The van der Waals surface area contributed by atoms with Crippen LogP contribution in [0.4, 0.5) is 6.01 Å². The van der Waals surface area contributed by atoms with E-state index in [1.165, 1.54) is 4.90 Å². The number of hydrogen-bond acceptors (Lipinski definition) is 5. The minimum atomic E-state index is -0.105. The maximum atomic E-state index is 11.4. The average Bonchev–Trinajstić information content (AvgIpc) is 2.87. The molecule has 0 saturated heterocycles. The summed E-state index contributed by atoms with van der Waals surface area (Å²) in [6.45, 7) is 1.94. The Bertz CT molecular complexity index is 566. The van der Waals surface area contributed by atoms with Crippen LogP contribution in [0.1, 0.15) is 31.2 Å². The fraction of sp³-hybridized carbons (Fsp3) is 0.357. The molecule has 2 aromatic rings. The van der Waals surface area contributed by atoms with Crippen molar-refractivity contribution in [3.05, 3.63) is 35.7 Å². The Labute approximate surface area is 122 Å². The largest absolute Gasteiger partial charge is 0.407 e. The summed E-state index contributed by atoms with van der Waals surface area (Å²) in [7, 11) is 0. The number of nitrogens with one attached hydrogen (secondary N) is 1. The van der Waals surface area contributed by atoms with Crippen LogP contribution in [0.5, 0.6) is 0 Å². The summed E-state index contributed by atoms with van der Waals surface area (Å²) in [5, 5.41) is 10.3. The molecule has 106 valence electrons. The molecule has 0 aliphatic heterocycles. The molecule has 1 N–H and O–H groups in total. The second kappa shape index (κ2) is 7.09. The first-order chi connectivity index (χ1) is 9.71. The molecular formula is C14H17N3O2S. The Morgan fingerprint density at radius 1 is 1.30 bits per heavy atom. The summed E-state index contributed by atoms with van der Waals surface area (Å²) < 4.78 is 5.40. The lowest BCUT2D eigenvalue weighted by Gasteiger charge is -1.99. The predicted octanol–water partition coefficient (Wildman–Crippen LogP) is 3.12. The molecule has 0 spiro atoms. The van der Waals surface area contributed by atoms with Crippen LogP contribution in [-0.2, 0) is 11.2 Å². The quantitative estimate of drug-likeness (QED) is 0.828. The average molecular weight is 291 g/mol. The highest BCUT2D eigenvalue weighted by Gasteiger charge is 2.09. The van der Waals surface area contributed by atoms with Crippen LogP contribution in [0.2, 0.25) is 0 Å². The lowest BCUT2D eigenvalue weighted by molar-refractivity contribution is -0.116. The molecule has 0 saturated carbocycles. The van der Waals surface area contributed by atoms with Crippen LogP contribution in [0.3, 0.4) is 0 Å². The fourth-order valence-electron chi connectivity index (χ4n) is 1.70. The van der Waals surface area contributed by atoms with Crippen molar-refractivity contribution in [2.75, 3.05) is 11.6 Å². The van der Waals surface area contributed by atoms with Crippen molar-refractivity contribution < 1.29 is 9.21 Å². The van der Waals surface area contributed by atoms with Gasteiger partial charge in [-0.15, -0.1) is 16.9 Å². The number of amides is 1. The topological polar surface area (TPSA) is 68.0 Å². The van der Waals surface area contributed by atoms with E-state index in [1.54, 1.807) is 11.8 Å². The van der Waals surface area contributed by atoms with Crippen LogP contribution in [-0.4, -0.2) is 22.4 Å². The number of rotatable bonds is 6. The predicted molar refractivity (Wildman–Crippen MR) is 78.9 cm³/mol. The molecule has 0 fully saturated rings. The van der Waals surface area contributed by atoms with Crippen molar-refractivity contribution in [1.29, 1.82) is 0 Å². The molecule has 6 heteroatoms. The van der Waals surface area contributed by atoms with E-state index in [4.69, 9.17) is 4.42 Å². The number of thioether (sulfide) groups is 1. The summed E-state index contributed by atoms with van der Waals surface area (Å²) >= 11 is 1.70. The van der Waals surface area contributed by atoms with Crippen molar-refractivity contribution in [3.8, 4) is 0 Å². The van der Waals surface area contributed by atoms with Crippen LogP contribution in [0.25, 0.3) is 0 Å². The maximum Gasteiger partial charge on any atom is 0.322 e. The molecule has 0 aliphatic carbocycles.